The molecule has 0 N–H and O–H groups in total. The van der Waals surface area contributed by atoms with Gasteiger partial charge in [0.25, 0.3) is 0 Å². The van der Waals surface area contributed by atoms with Crippen LogP contribution in [0.2, 0.25) is 0 Å². The zero-order valence-corrected chi connectivity index (χ0v) is 13.0. The number of carbonyl (C=O) groups is 1. The number of anilines is 1. The molecule has 2 rings (SSSR count). The molecule has 0 spiro atoms. The third kappa shape index (κ3) is 3.24. The number of carbonyl (C=O) groups excluding carboxylic acids is 1. The molecule has 0 unspecified atom stereocenters. The Kier molecular flexibility index (Phi) is 4.53. The number of urea groups is 1. The predicted molar refractivity (Wildman–Crippen MR) is 83.4 cm³/mol. The van der Waals surface area contributed by atoms with Gasteiger partial charge in [0.1, 0.15) is 0 Å². The van der Waals surface area contributed by atoms with Crippen molar-refractivity contribution in [3.05, 3.63) is 29.8 Å². The van der Waals surface area contributed by atoms with Crippen LogP contribution in [0.5, 0.6) is 0 Å². The molecule has 0 saturated carbocycles. The van der Waals surface area contributed by atoms with Crippen LogP contribution in [0.1, 0.15) is 25.3 Å². The Morgan fingerprint density at radius 3 is 2.05 bits per heavy atom. The van der Waals surface area contributed by atoms with Crippen molar-refractivity contribution in [3.63, 3.8) is 0 Å². The van der Waals surface area contributed by atoms with Crippen LogP contribution in [0.3, 0.4) is 0 Å². The van der Waals surface area contributed by atoms with Crippen molar-refractivity contribution < 1.29 is 4.79 Å². The van der Waals surface area contributed by atoms with Crippen LogP contribution in [0.15, 0.2) is 24.3 Å². The lowest BCUT2D eigenvalue weighted by Crippen LogP contribution is -2.51. The summed E-state index contributed by atoms with van der Waals surface area (Å²) in [4.78, 5) is 17.8. The topological polar surface area (TPSA) is 26.8 Å². The second-order valence-corrected chi connectivity index (χ2v) is 5.90. The first-order valence-electron chi connectivity index (χ1n) is 7.30. The molecule has 1 aliphatic rings. The zero-order chi connectivity index (χ0) is 14.7. The lowest BCUT2D eigenvalue weighted by Gasteiger charge is -2.37. The average Bonchev–Trinajstić information content (AvgIpc) is 2.46. The van der Waals surface area contributed by atoms with Gasteiger partial charge < -0.3 is 14.7 Å². The van der Waals surface area contributed by atoms with E-state index in [1.807, 2.05) is 4.90 Å². The molecule has 110 valence electrons. The van der Waals surface area contributed by atoms with Gasteiger partial charge in [-0.15, -0.1) is 0 Å². The normalized spacial score (nSPS) is 15.7. The van der Waals surface area contributed by atoms with Gasteiger partial charge in [0, 0.05) is 46.0 Å². The number of benzene rings is 1. The average molecular weight is 275 g/mol. The van der Waals surface area contributed by atoms with Crippen LogP contribution in [0, 0.1) is 0 Å². The molecule has 0 atom stereocenters. The molecule has 1 heterocycles. The zero-order valence-electron chi connectivity index (χ0n) is 13.0. The second kappa shape index (κ2) is 6.16. The molecule has 4 heteroatoms. The summed E-state index contributed by atoms with van der Waals surface area (Å²) in [6.07, 6.45) is 0. The Balaban J connectivity index is 1.95. The molecular weight excluding hydrogens is 250 g/mol. The van der Waals surface area contributed by atoms with Gasteiger partial charge in [-0.05, 0) is 23.6 Å². The predicted octanol–water partition coefficient (Wildman–Crippen LogP) is 2.61. The van der Waals surface area contributed by atoms with Gasteiger partial charge >= 0.3 is 6.03 Å². The fraction of sp³-hybridized carbons (Fsp3) is 0.562. The SMILES string of the molecule is CC(C)c1ccc(N2CCN(C(=O)N(C)C)CC2)cc1. The lowest BCUT2D eigenvalue weighted by atomic mass is 10.0. The van der Waals surface area contributed by atoms with Crippen molar-refractivity contribution in [2.24, 2.45) is 0 Å². The van der Waals surface area contributed by atoms with Crippen LogP contribution in [0.4, 0.5) is 10.5 Å². The van der Waals surface area contributed by atoms with Crippen LogP contribution in [-0.2, 0) is 0 Å². The standard InChI is InChI=1S/C16H25N3O/c1-13(2)14-5-7-15(8-6-14)18-9-11-19(12-10-18)16(20)17(3)4/h5-8,13H,9-12H2,1-4H3. The number of piperazine rings is 1. The number of hydrogen-bond donors (Lipinski definition) is 0. The summed E-state index contributed by atoms with van der Waals surface area (Å²) >= 11 is 0. The smallest absolute Gasteiger partial charge is 0.319 e. The van der Waals surface area contributed by atoms with Gasteiger partial charge in [-0.25, -0.2) is 4.79 Å². The lowest BCUT2D eigenvalue weighted by molar-refractivity contribution is 0.168. The molecule has 1 aliphatic heterocycles. The largest absolute Gasteiger partial charge is 0.368 e. The quantitative estimate of drug-likeness (QED) is 0.829. The third-order valence-corrected chi connectivity index (χ3v) is 3.86. The van der Waals surface area contributed by atoms with E-state index in [2.05, 4.69) is 43.0 Å². The first-order valence-corrected chi connectivity index (χ1v) is 7.30. The van der Waals surface area contributed by atoms with Crippen molar-refractivity contribution in [1.29, 1.82) is 0 Å². The van der Waals surface area contributed by atoms with E-state index in [-0.39, 0.29) is 6.03 Å². The number of hydrogen-bond acceptors (Lipinski definition) is 2. The van der Waals surface area contributed by atoms with Crippen LogP contribution >= 0.6 is 0 Å². The molecule has 4 nitrogen and oxygen atoms in total. The maximum absolute atomic E-state index is 11.9. The van der Waals surface area contributed by atoms with Crippen molar-refractivity contribution in [1.82, 2.24) is 9.80 Å². The van der Waals surface area contributed by atoms with E-state index in [1.54, 1.807) is 19.0 Å². The van der Waals surface area contributed by atoms with Gasteiger partial charge in [0.2, 0.25) is 0 Å². The Bertz CT molecular complexity index is 445. The van der Waals surface area contributed by atoms with E-state index in [4.69, 9.17) is 0 Å². The van der Waals surface area contributed by atoms with Gasteiger partial charge in [-0.2, -0.15) is 0 Å². The van der Waals surface area contributed by atoms with Crippen molar-refractivity contribution >= 4 is 11.7 Å². The summed E-state index contributed by atoms with van der Waals surface area (Å²) in [5.41, 5.74) is 2.63. The first-order chi connectivity index (χ1) is 9.49. The van der Waals surface area contributed by atoms with Gasteiger partial charge in [0.05, 0.1) is 0 Å². The Hall–Kier alpha value is -1.71. The van der Waals surface area contributed by atoms with Crippen LogP contribution in [0.25, 0.3) is 0 Å². The Labute approximate surface area is 122 Å². The van der Waals surface area contributed by atoms with Crippen molar-refractivity contribution in [3.8, 4) is 0 Å². The summed E-state index contributed by atoms with van der Waals surface area (Å²) < 4.78 is 0. The minimum absolute atomic E-state index is 0.111. The van der Waals surface area contributed by atoms with Gasteiger partial charge in [-0.3, -0.25) is 0 Å². The molecule has 0 aliphatic carbocycles. The molecule has 2 amide bonds. The Morgan fingerprint density at radius 2 is 1.60 bits per heavy atom. The second-order valence-electron chi connectivity index (χ2n) is 5.90. The molecule has 20 heavy (non-hydrogen) atoms. The monoisotopic (exact) mass is 275 g/mol. The van der Waals surface area contributed by atoms with Gasteiger partial charge in [0.15, 0.2) is 0 Å². The highest BCUT2D eigenvalue weighted by atomic mass is 16.2. The van der Waals surface area contributed by atoms with Gasteiger partial charge in [-0.1, -0.05) is 26.0 Å². The van der Waals surface area contributed by atoms with Crippen molar-refractivity contribution in [2.75, 3.05) is 45.2 Å². The third-order valence-electron chi connectivity index (χ3n) is 3.86. The summed E-state index contributed by atoms with van der Waals surface area (Å²) in [5, 5.41) is 0. The van der Waals surface area contributed by atoms with E-state index in [9.17, 15) is 4.79 Å². The molecule has 1 saturated heterocycles. The highest BCUT2D eigenvalue weighted by molar-refractivity contribution is 5.74. The Morgan fingerprint density at radius 1 is 1.05 bits per heavy atom. The van der Waals surface area contributed by atoms with Crippen molar-refractivity contribution in [2.45, 2.75) is 19.8 Å². The molecule has 1 aromatic rings. The fourth-order valence-electron chi connectivity index (χ4n) is 2.51. The number of amides is 2. The molecule has 1 aromatic carbocycles. The minimum Gasteiger partial charge on any atom is -0.368 e. The van der Waals surface area contributed by atoms with E-state index in [1.165, 1.54) is 11.3 Å². The maximum atomic E-state index is 11.9. The summed E-state index contributed by atoms with van der Waals surface area (Å²) in [6, 6.07) is 8.91. The van der Waals surface area contributed by atoms with E-state index >= 15 is 0 Å². The molecule has 0 aromatic heterocycles. The first kappa shape index (κ1) is 14.7. The summed E-state index contributed by atoms with van der Waals surface area (Å²) in [6.45, 7) is 7.81. The van der Waals surface area contributed by atoms with E-state index in [0.29, 0.717) is 5.92 Å². The maximum Gasteiger partial charge on any atom is 0.319 e. The summed E-state index contributed by atoms with van der Waals surface area (Å²) in [5.74, 6) is 0.568. The van der Waals surface area contributed by atoms with Crippen LogP contribution < -0.4 is 4.90 Å². The van der Waals surface area contributed by atoms with E-state index in [0.717, 1.165) is 26.2 Å². The number of rotatable bonds is 2. The molecular formula is C16H25N3O. The van der Waals surface area contributed by atoms with E-state index < -0.39 is 0 Å². The highest BCUT2D eigenvalue weighted by Gasteiger charge is 2.22. The molecule has 0 radical (unpaired) electrons. The fourth-order valence-corrected chi connectivity index (χ4v) is 2.51. The summed E-state index contributed by atoms with van der Waals surface area (Å²) in [7, 11) is 3.61. The molecule has 1 fully saturated rings. The highest BCUT2D eigenvalue weighted by Crippen LogP contribution is 2.21. The molecule has 0 bridgehead atoms. The minimum atomic E-state index is 0.111. The number of nitrogens with zero attached hydrogens (tertiary/aromatic N) is 3. The van der Waals surface area contributed by atoms with Crippen LogP contribution in [-0.4, -0.2) is 56.1 Å².